The maximum Gasteiger partial charge on any atom is 0.158 e. The maximum absolute atomic E-state index is 9.18. The molecular formula is C37H56O8. The molecule has 1 saturated carbocycles. The molecule has 4 fully saturated rings. The minimum atomic E-state index is -0.267. The number of hydrogen-bond acceptors (Lipinski definition) is 8. The zero-order valence-electron chi connectivity index (χ0n) is 27.1. The molecule has 1 aromatic carbocycles. The summed E-state index contributed by atoms with van der Waals surface area (Å²) in [6, 6.07) is 9.90. The molecule has 5 rings (SSSR count). The summed E-state index contributed by atoms with van der Waals surface area (Å²) in [5.41, 5.74) is 0. The van der Waals surface area contributed by atoms with Crippen LogP contribution in [0.2, 0.25) is 0 Å². The highest BCUT2D eigenvalue weighted by Crippen LogP contribution is 2.42. The van der Waals surface area contributed by atoms with E-state index in [1.54, 1.807) is 0 Å². The zero-order valence-corrected chi connectivity index (χ0v) is 27.1. The van der Waals surface area contributed by atoms with Crippen molar-refractivity contribution < 1.29 is 38.3 Å². The van der Waals surface area contributed by atoms with Crippen molar-refractivity contribution in [3.63, 3.8) is 0 Å². The molecule has 3 aliphatic heterocycles. The summed E-state index contributed by atoms with van der Waals surface area (Å²) >= 11 is 0. The standard InChI is InChI=1S/C37H56O8/c38-23-11-3-1-2-7-17-31-32(22-21-30(43-35-18-8-12-24-39-35)28-42-29-15-5-4-6-16-29)34(45-37-20-10-14-26-41-37)27-33(31)44-36-19-9-13-25-40-36/h2,4-7,15-16,21-22,30-38H,1,3,8-14,17-20,23-28H2/b7-2-,22-21+/t30-,31+,32+,33-,34+,35?,36?,37?/m0/s1. The second-order valence-electron chi connectivity index (χ2n) is 12.8. The Morgan fingerprint density at radius 1 is 0.778 bits per heavy atom. The first-order valence-electron chi connectivity index (χ1n) is 17.7. The van der Waals surface area contributed by atoms with E-state index in [1.807, 2.05) is 30.3 Å². The molecule has 4 aliphatic rings. The molecule has 3 unspecified atom stereocenters. The third-order valence-corrected chi connectivity index (χ3v) is 9.32. The summed E-state index contributed by atoms with van der Waals surface area (Å²) in [5, 5.41) is 9.18. The van der Waals surface area contributed by atoms with Crippen molar-refractivity contribution in [3.8, 4) is 5.75 Å². The van der Waals surface area contributed by atoms with E-state index in [0.717, 1.165) is 115 Å². The fourth-order valence-electron chi connectivity index (χ4n) is 6.84. The molecule has 0 spiro atoms. The molecule has 0 aromatic heterocycles. The van der Waals surface area contributed by atoms with Crippen LogP contribution in [0.15, 0.2) is 54.6 Å². The van der Waals surface area contributed by atoms with Crippen LogP contribution < -0.4 is 4.74 Å². The summed E-state index contributed by atoms with van der Waals surface area (Å²) in [7, 11) is 0. The molecule has 45 heavy (non-hydrogen) atoms. The summed E-state index contributed by atoms with van der Waals surface area (Å²) in [6.45, 7) is 2.88. The van der Waals surface area contributed by atoms with Crippen LogP contribution in [-0.4, -0.2) is 75.3 Å². The van der Waals surface area contributed by atoms with Gasteiger partial charge in [-0.05, 0) is 102 Å². The van der Waals surface area contributed by atoms with Crippen LogP contribution in [0.4, 0.5) is 0 Å². The predicted molar refractivity (Wildman–Crippen MR) is 173 cm³/mol. The number of benzene rings is 1. The first kappa shape index (κ1) is 34.6. The van der Waals surface area contributed by atoms with E-state index >= 15 is 0 Å². The molecular weight excluding hydrogens is 572 g/mol. The maximum atomic E-state index is 9.18. The molecule has 0 amide bonds. The van der Waals surface area contributed by atoms with Crippen LogP contribution in [0.3, 0.4) is 0 Å². The number of hydrogen-bond donors (Lipinski definition) is 1. The van der Waals surface area contributed by atoms with Crippen molar-refractivity contribution >= 4 is 0 Å². The number of ether oxygens (including phenoxy) is 7. The summed E-state index contributed by atoms with van der Waals surface area (Å²) in [5.74, 6) is 1.16. The smallest absolute Gasteiger partial charge is 0.158 e. The fraction of sp³-hybridized carbons (Fsp3) is 0.730. The van der Waals surface area contributed by atoms with Gasteiger partial charge in [-0.1, -0.05) is 42.5 Å². The van der Waals surface area contributed by atoms with E-state index in [4.69, 9.17) is 33.2 Å². The van der Waals surface area contributed by atoms with Gasteiger partial charge in [-0.25, -0.2) is 0 Å². The van der Waals surface area contributed by atoms with Gasteiger partial charge in [-0.3, -0.25) is 0 Å². The van der Waals surface area contributed by atoms with Gasteiger partial charge in [0.1, 0.15) is 18.5 Å². The Hall–Kier alpha value is -1.78. The minimum Gasteiger partial charge on any atom is -0.491 e. The lowest BCUT2D eigenvalue weighted by Crippen LogP contribution is -2.32. The average molecular weight is 629 g/mol. The molecule has 1 aliphatic carbocycles. The number of allylic oxidation sites excluding steroid dienone is 2. The fourth-order valence-corrected chi connectivity index (χ4v) is 6.84. The quantitative estimate of drug-likeness (QED) is 0.144. The second-order valence-corrected chi connectivity index (χ2v) is 12.8. The Balaban J connectivity index is 1.34. The van der Waals surface area contributed by atoms with Gasteiger partial charge in [0.25, 0.3) is 0 Å². The Morgan fingerprint density at radius 3 is 2.09 bits per heavy atom. The van der Waals surface area contributed by atoms with Crippen LogP contribution >= 0.6 is 0 Å². The molecule has 8 nitrogen and oxygen atoms in total. The topological polar surface area (TPSA) is 84.8 Å². The Kier molecular flexibility index (Phi) is 15.2. The van der Waals surface area contributed by atoms with Crippen molar-refractivity contribution in [2.75, 3.05) is 33.0 Å². The van der Waals surface area contributed by atoms with Crippen molar-refractivity contribution in [2.24, 2.45) is 11.8 Å². The summed E-state index contributed by atoms with van der Waals surface area (Å²) in [4.78, 5) is 0. The predicted octanol–water partition coefficient (Wildman–Crippen LogP) is 7.10. The van der Waals surface area contributed by atoms with E-state index in [-0.39, 0.29) is 55.6 Å². The minimum absolute atomic E-state index is 0.0139. The lowest BCUT2D eigenvalue weighted by atomic mass is 9.89. The van der Waals surface area contributed by atoms with Gasteiger partial charge in [0.05, 0.1) is 12.2 Å². The first-order valence-corrected chi connectivity index (χ1v) is 17.7. The Bertz CT molecular complexity index is 968. The highest BCUT2D eigenvalue weighted by molar-refractivity contribution is 5.21. The van der Waals surface area contributed by atoms with E-state index in [1.165, 1.54) is 0 Å². The van der Waals surface area contributed by atoms with Gasteiger partial charge < -0.3 is 38.3 Å². The van der Waals surface area contributed by atoms with Crippen LogP contribution in [-0.2, 0) is 28.4 Å². The molecule has 1 aromatic rings. The molecule has 3 heterocycles. The largest absolute Gasteiger partial charge is 0.491 e. The van der Waals surface area contributed by atoms with Crippen molar-refractivity contribution in [2.45, 2.75) is 127 Å². The molecule has 0 radical (unpaired) electrons. The normalized spacial score (nSPS) is 31.9. The van der Waals surface area contributed by atoms with Gasteiger partial charge in [0, 0.05) is 38.8 Å². The number of rotatable bonds is 17. The number of aliphatic hydroxyl groups excluding tert-OH is 1. The van der Waals surface area contributed by atoms with Gasteiger partial charge in [0.15, 0.2) is 18.9 Å². The SMILES string of the molecule is OCCCC/C=C\C[C@@H]1[C@@H](/C=C/[C@@H](COc2ccccc2)OC2CCCCO2)[C@H](OC2CCCCO2)C[C@@H]1OC1CCCCO1. The van der Waals surface area contributed by atoms with Crippen molar-refractivity contribution in [3.05, 3.63) is 54.6 Å². The second kappa shape index (κ2) is 19.8. The Labute approximate surface area is 270 Å². The third kappa shape index (κ3) is 11.8. The molecule has 8 heteroatoms. The van der Waals surface area contributed by atoms with E-state index in [0.29, 0.717) is 6.61 Å². The summed E-state index contributed by atoms with van der Waals surface area (Å²) < 4.78 is 44.2. The highest BCUT2D eigenvalue weighted by atomic mass is 16.7. The van der Waals surface area contributed by atoms with Crippen LogP contribution in [0.1, 0.15) is 89.9 Å². The van der Waals surface area contributed by atoms with Crippen LogP contribution in [0.5, 0.6) is 5.75 Å². The van der Waals surface area contributed by atoms with Gasteiger partial charge in [-0.15, -0.1) is 0 Å². The molecule has 1 N–H and O–H groups in total. The lowest BCUT2D eigenvalue weighted by Gasteiger charge is -2.30. The number of para-hydroxylation sites is 1. The van der Waals surface area contributed by atoms with E-state index in [2.05, 4.69) is 24.3 Å². The molecule has 0 bridgehead atoms. The van der Waals surface area contributed by atoms with E-state index in [9.17, 15) is 5.11 Å². The van der Waals surface area contributed by atoms with Crippen molar-refractivity contribution in [1.29, 1.82) is 0 Å². The molecule has 3 saturated heterocycles. The van der Waals surface area contributed by atoms with Crippen molar-refractivity contribution in [1.82, 2.24) is 0 Å². The third-order valence-electron chi connectivity index (χ3n) is 9.32. The summed E-state index contributed by atoms with van der Waals surface area (Å²) in [6.07, 6.45) is 22.0. The van der Waals surface area contributed by atoms with E-state index < -0.39 is 0 Å². The average Bonchev–Trinajstić information content (AvgIpc) is 3.40. The Morgan fingerprint density at radius 2 is 1.44 bits per heavy atom. The van der Waals surface area contributed by atoms with Crippen LogP contribution in [0.25, 0.3) is 0 Å². The van der Waals surface area contributed by atoms with Crippen LogP contribution in [0, 0.1) is 11.8 Å². The first-order chi connectivity index (χ1) is 22.3. The van der Waals surface area contributed by atoms with Gasteiger partial charge in [-0.2, -0.15) is 0 Å². The lowest BCUT2D eigenvalue weighted by molar-refractivity contribution is -0.203. The monoisotopic (exact) mass is 628 g/mol. The van der Waals surface area contributed by atoms with Gasteiger partial charge >= 0.3 is 0 Å². The molecule has 252 valence electrons. The zero-order chi connectivity index (χ0) is 30.9. The number of unbranched alkanes of at least 4 members (excludes halogenated alkanes) is 2. The van der Waals surface area contributed by atoms with Gasteiger partial charge in [0.2, 0.25) is 0 Å². The molecule has 8 atom stereocenters. The highest BCUT2D eigenvalue weighted by Gasteiger charge is 2.45. The number of aliphatic hydroxyl groups is 1.